The largest absolute Gasteiger partial charge is 0.342 e. The zero-order valence-corrected chi connectivity index (χ0v) is 27.3. The first-order chi connectivity index (χ1) is 21.6. The molecule has 7 nitrogen and oxygen atoms in total. The van der Waals surface area contributed by atoms with Crippen LogP contribution in [-0.2, 0) is 23.1 Å². The van der Waals surface area contributed by atoms with E-state index in [4.69, 9.17) is 5.10 Å². The first kappa shape index (κ1) is 30.6. The number of nitrogens with zero attached hydrogens (tertiary/aromatic N) is 3. The van der Waals surface area contributed by atoms with Crippen LogP contribution in [0.25, 0.3) is 15.8 Å². The van der Waals surface area contributed by atoms with Gasteiger partial charge in [-0.3, -0.25) is 10.1 Å². The number of benzene rings is 3. The van der Waals surface area contributed by atoms with Crippen molar-refractivity contribution in [3.63, 3.8) is 0 Å². The number of hydrogen-bond acceptors (Lipinski definition) is 4. The summed E-state index contributed by atoms with van der Waals surface area (Å²) in [5.74, 6) is 1.38. The summed E-state index contributed by atoms with van der Waals surface area (Å²) < 4.78 is 3.02. The number of carbonyl (C=O) groups is 2. The van der Waals surface area contributed by atoms with Crippen molar-refractivity contribution in [3.05, 3.63) is 107 Å². The molecule has 0 bridgehead atoms. The molecule has 0 unspecified atom stereocenters. The fourth-order valence-electron chi connectivity index (χ4n) is 5.89. The van der Waals surface area contributed by atoms with Crippen LogP contribution >= 0.6 is 11.3 Å². The molecule has 232 valence electrons. The summed E-state index contributed by atoms with van der Waals surface area (Å²) in [5.41, 5.74) is 5.90. The smallest absolute Gasteiger partial charge is 0.324 e. The number of anilines is 2. The zero-order chi connectivity index (χ0) is 31.6. The van der Waals surface area contributed by atoms with Crippen molar-refractivity contribution in [2.24, 2.45) is 5.92 Å². The second-order valence-corrected chi connectivity index (χ2v) is 14.1. The van der Waals surface area contributed by atoms with Crippen molar-refractivity contribution in [3.8, 4) is 5.69 Å². The Bertz CT molecular complexity index is 1790. The van der Waals surface area contributed by atoms with Gasteiger partial charge < -0.3 is 10.2 Å². The third-order valence-electron chi connectivity index (χ3n) is 8.60. The van der Waals surface area contributed by atoms with Gasteiger partial charge >= 0.3 is 6.03 Å². The molecule has 2 N–H and O–H groups in total. The number of urea groups is 1. The number of rotatable bonds is 7. The molecule has 1 saturated heterocycles. The minimum absolute atomic E-state index is 0.162. The van der Waals surface area contributed by atoms with Crippen molar-refractivity contribution in [2.75, 3.05) is 23.7 Å². The Hall–Kier alpha value is -4.43. The number of amides is 3. The van der Waals surface area contributed by atoms with Gasteiger partial charge in [0, 0.05) is 35.0 Å². The molecule has 0 spiro atoms. The highest BCUT2D eigenvalue weighted by Crippen LogP contribution is 2.29. The zero-order valence-electron chi connectivity index (χ0n) is 26.5. The van der Waals surface area contributed by atoms with E-state index in [0.717, 1.165) is 60.5 Å². The minimum Gasteiger partial charge on any atom is -0.342 e. The standard InChI is InChI=1S/C37H41N5O2S/c1-25-9-15-30(16-10-25)42-34(23-33(40-42)37(2,3)4)39-36(44)38-29-13-11-26(12-14-29)21-27-17-19-41(20-18-27)35(43)22-28-24-45-32-8-6-5-7-31(28)32/h5-16,23-24,27H,17-22H2,1-4H3,(H2,38,39,44). The number of piperidine rings is 1. The van der Waals surface area contributed by atoms with E-state index in [1.165, 1.54) is 15.6 Å². The molecule has 3 aromatic carbocycles. The van der Waals surface area contributed by atoms with Crippen molar-refractivity contribution in [1.82, 2.24) is 14.7 Å². The van der Waals surface area contributed by atoms with Crippen molar-refractivity contribution in [2.45, 2.75) is 58.8 Å². The molecule has 2 aromatic heterocycles. The Labute approximate surface area is 269 Å². The number of aryl methyl sites for hydroxylation is 1. The van der Waals surface area contributed by atoms with Crippen LogP contribution in [0.1, 0.15) is 56.0 Å². The molecule has 8 heteroatoms. The fraction of sp³-hybridized carbons (Fsp3) is 0.324. The molecule has 1 fully saturated rings. The van der Waals surface area contributed by atoms with Gasteiger partial charge in [-0.1, -0.05) is 68.8 Å². The highest BCUT2D eigenvalue weighted by atomic mass is 32.1. The molecule has 45 heavy (non-hydrogen) atoms. The number of aromatic nitrogens is 2. The summed E-state index contributed by atoms with van der Waals surface area (Å²) in [5, 5.41) is 14.1. The average molecular weight is 620 g/mol. The topological polar surface area (TPSA) is 79.3 Å². The van der Waals surface area contributed by atoms with Gasteiger partial charge in [0.1, 0.15) is 5.82 Å². The highest BCUT2D eigenvalue weighted by Gasteiger charge is 2.24. The second kappa shape index (κ2) is 12.9. The van der Waals surface area contributed by atoms with Gasteiger partial charge in [0.15, 0.2) is 0 Å². The summed E-state index contributed by atoms with van der Waals surface area (Å²) >= 11 is 1.71. The number of fused-ring (bicyclic) bond motifs is 1. The van der Waals surface area contributed by atoms with Gasteiger partial charge in [0.05, 0.1) is 17.8 Å². The van der Waals surface area contributed by atoms with Gasteiger partial charge in [0.25, 0.3) is 0 Å². The third kappa shape index (κ3) is 7.28. The van der Waals surface area contributed by atoms with E-state index < -0.39 is 0 Å². The van der Waals surface area contributed by atoms with E-state index in [0.29, 0.717) is 18.2 Å². The molecule has 0 radical (unpaired) electrons. The van der Waals surface area contributed by atoms with Gasteiger partial charge in [-0.15, -0.1) is 11.3 Å². The number of nitrogens with one attached hydrogen (secondary N) is 2. The molecule has 0 atom stereocenters. The summed E-state index contributed by atoms with van der Waals surface area (Å²) in [4.78, 5) is 28.1. The molecule has 0 saturated carbocycles. The van der Waals surface area contributed by atoms with Crippen LogP contribution in [0.2, 0.25) is 0 Å². The van der Waals surface area contributed by atoms with Crippen LogP contribution in [0.5, 0.6) is 0 Å². The number of likely N-dealkylation sites (tertiary alicyclic amines) is 1. The molecular formula is C37H41N5O2S. The highest BCUT2D eigenvalue weighted by molar-refractivity contribution is 7.17. The van der Waals surface area contributed by atoms with E-state index in [9.17, 15) is 9.59 Å². The van der Waals surface area contributed by atoms with Crippen LogP contribution in [0.4, 0.5) is 16.3 Å². The fourth-order valence-corrected chi connectivity index (χ4v) is 6.85. The molecular weight excluding hydrogens is 579 g/mol. The van der Waals surface area contributed by atoms with Crippen LogP contribution in [0, 0.1) is 12.8 Å². The lowest BCUT2D eigenvalue weighted by molar-refractivity contribution is -0.131. The molecule has 5 aromatic rings. The van der Waals surface area contributed by atoms with Crippen molar-refractivity contribution in [1.29, 1.82) is 0 Å². The summed E-state index contributed by atoms with van der Waals surface area (Å²) in [6.07, 6.45) is 3.45. The predicted octanol–water partition coefficient (Wildman–Crippen LogP) is 8.36. The Morgan fingerprint density at radius 3 is 2.36 bits per heavy atom. The summed E-state index contributed by atoms with van der Waals surface area (Å²) in [7, 11) is 0. The van der Waals surface area contributed by atoms with Crippen molar-refractivity contribution >= 4 is 44.9 Å². The first-order valence-electron chi connectivity index (χ1n) is 15.7. The molecule has 0 aliphatic carbocycles. The molecule has 3 heterocycles. The van der Waals surface area contributed by atoms with E-state index in [-0.39, 0.29) is 17.4 Å². The van der Waals surface area contributed by atoms with Gasteiger partial charge in [-0.05, 0) is 84.3 Å². The van der Waals surface area contributed by atoms with Gasteiger partial charge in [-0.2, -0.15) is 5.10 Å². The lowest BCUT2D eigenvalue weighted by Gasteiger charge is -2.32. The maximum Gasteiger partial charge on any atom is 0.324 e. The van der Waals surface area contributed by atoms with Crippen LogP contribution in [0.15, 0.2) is 84.2 Å². The van der Waals surface area contributed by atoms with E-state index in [2.05, 4.69) is 61.1 Å². The quantitative estimate of drug-likeness (QED) is 0.192. The van der Waals surface area contributed by atoms with Crippen LogP contribution in [0.3, 0.4) is 0 Å². The van der Waals surface area contributed by atoms with Crippen molar-refractivity contribution < 1.29 is 9.59 Å². The Morgan fingerprint density at radius 2 is 1.64 bits per heavy atom. The first-order valence-corrected chi connectivity index (χ1v) is 16.6. The number of thiophene rings is 1. The lowest BCUT2D eigenvalue weighted by atomic mass is 9.90. The Kier molecular flexibility index (Phi) is 8.76. The Balaban J connectivity index is 1.01. The monoisotopic (exact) mass is 619 g/mol. The Morgan fingerprint density at radius 1 is 0.933 bits per heavy atom. The number of hydrogen-bond donors (Lipinski definition) is 2. The SMILES string of the molecule is Cc1ccc(-n2nc(C(C)(C)C)cc2NC(=O)Nc2ccc(CC3CCN(C(=O)Cc4csc5ccccc45)CC3)cc2)cc1. The van der Waals surface area contributed by atoms with Crippen LogP contribution < -0.4 is 10.6 Å². The average Bonchev–Trinajstić information content (AvgIpc) is 3.63. The second-order valence-electron chi connectivity index (χ2n) is 13.2. The minimum atomic E-state index is -0.316. The lowest BCUT2D eigenvalue weighted by Crippen LogP contribution is -2.39. The van der Waals surface area contributed by atoms with E-state index >= 15 is 0 Å². The van der Waals surface area contributed by atoms with E-state index in [1.807, 2.05) is 66.4 Å². The van der Waals surface area contributed by atoms with E-state index in [1.54, 1.807) is 16.0 Å². The van der Waals surface area contributed by atoms with Gasteiger partial charge in [-0.25, -0.2) is 9.48 Å². The molecule has 3 amide bonds. The van der Waals surface area contributed by atoms with Crippen LogP contribution in [-0.4, -0.2) is 39.7 Å². The molecule has 1 aliphatic heterocycles. The third-order valence-corrected chi connectivity index (χ3v) is 9.62. The number of carbonyl (C=O) groups excluding carboxylic acids is 2. The summed E-state index contributed by atoms with van der Waals surface area (Å²) in [6.45, 7) is 9.99. The summed E-state index contributed by atoms with van der Waals surface area (Å²) in [6, 6.07) is 26.1. The normalized spacial score (nSPS) is 14.1. The predicted molar refractivity (Wildman–Crippen MR) is 185 cm³/mol. The molecule has 1 aliphatic rings. The maximum absolute atomic E-state index is 13.0. The maximum atomic E-state index is 13.0. The van der Waals surface area contributed by atoms with Gasteiger partial charge in [0.2, 0.25) is 5.91 Å². The molecule has 6 rings (SSSR count).